The highest BCUT2D eigenvalue weighted by Crippen LogP contribution is 2.22. The molecule has 0 saturated carbocycles. The van der Waals surface area contributed by atoms with Crippen molar-refractivity contribution in [3.8, 4) is 16.8 Å². The third-order valence-electron chi connectivity index (χ3n) is 1.97. The highest BCUT2D eigenvalue weighted by molar-refractivity contribution is 7.07. The van der Waals surface area contributed by atoms with Crippen LogP contribution in [0.3, 0.4) is 0 Å². The Morgan fingerprint density at radius 3 is 3.06 bits per heavy atom. The topological polar surface area (TPSA) is 68.5 Å². The number of carbonyl (C=O) groups excluding carboxylic acids is 1. The molecule has 2 heterocycles. The normalized spacial score (nSPS) is 10.2. The minimum absolute atomic E-state index is 0.0419. The zero-order chi connectivity index (χ0) is 12.3. The second-order valence-corrected chi connectivity index (χ2v) is 4.15. The van der Waals surface area contributed by atoms with Crippen LogP contribution in [0.1, 0.15) is 0 Å². The third kappa shape index (κ3) is 2.82. The molecule has 6 nitrogen and oxygen atoms in total. The molecule has 0 atom stereocenters. The van der Waals surface area contributed by atoms with Gasteiger partial charge in [-0.05, 0) is 12.1 Å². The molecule has 0 bridgehead atoms. The molecular weight excluding hydrogens is 242 g/mol. The number of likely N-dealkylation sites (N-methyl/N-ethyl adjacent to an activating group) is 1. The lowest BCUT2D eigenvalue weighted by Gasteiger charge is -2.08. The van der Waals surface area contributed by atoms with Gasteiger partial charge >= 0.3 is 0 Å². The van der Waals surface area contributed by atoms with E-state index in [9.17, 15) is 4.79 Å². The van der Waals surface area contributed by atoms with Crippen LogP contribution in [-0.4, -0.2) is 40.9 Å². The molecule has 0 aromatic carbocycles. The molecule has 1 amide bonds. The van der Waals surface area contributed by atoms with Crippen molar-refractivity contribution in [3.63, 3.8) is 0 Å². The van der Waals surface area contributed by atoms with Crippen molar-refractivity contribution in [2.24, 2.45) is 0 Å². The summed E-state index contributed by atoms with van der Waals surface area (Å²) in [7, 11) is 3.33. The summed E-state index contributed by atoms with van der Waals surface area (Å²) in [5, 5.41) is 0.353. The number of rotatable bonds is 4. The summed E-state index contributed by atoms with van der Waals surface area (Å²) >= 11 is 1.09. The predicted molar refractivity (Wildman–Crippen MR) is 61.8 cm³/mol. The van der Waals surface area contributed by atoms with Gasteiger partial charge in [0.15, 0.2) is 12.4 Å². The molecule has 0 unspecified atom stereocenters. The van der Waals surface area contributed by atoms with Gasteiger partial charge in [0.25, 0.3) is 11.1 Å². The molecule has 2 aromatic heterocycles. The molecule has 0 aliphatic rings. The van der Waals surface area contributed by atoms with Gasteiger partial charge in [-0.1, -0.05) is 0 Å². The number of amides is 1. The quantitative estimate of drug-likeness (QED) is 0.820. The van der Waals surface area contributed by atoms with Gasteiger partial charge in [0.2, 0.25) is 5.82 Å². The van der Waals surface area contributed by atoms with Crippen LogP contribution < -0.4 is 4.74 Å². The minimum Gasteiger partial charge on any atom is -0.461 e. The Bertz CT molecular complexity index is 493. The van der Waals surface area contributed by atoms with E-state index in [1.807, 2.05) is 0 Å². The molecule has 0 aliphatic carbocycles. The lowest BCUT2D eigenvalue weighted by Crippen LogP contribution is -2.27. The molecule has 0 aliphatic heterocycles. The molecule has 2 rings (SSSR count). The van der Waals surface area contributed by atoms with Crippen LogP contribution in [0.5, 0.6) is 5.19 Å². The Hall–Kier alpha value is -1.89. The van der Waals surface area contributed by atoms with E-state index in [1.54, 1.807) is 32.5 Å². The van der Waals surface area contributed by atoms with Gasteiger partial charge in [-0.2, -0.15) is 9.36 Å². The molecular formula is C10H11N3O3S. The van der Waals surface area contributed by atoms with Crippen molar-refractivity contribution in [1.29, 1.82) is 0 Å². The zero-order valence-corrected chi connectivity index (χ0v) is 10.2. The first-order valence-electron chi connectivity index (χ1n) is 4.87. The molecule has 0 radical (unpaired) electrons. The average molecular weight is 253 g/mol. The minimum atomic E-state index is -0.125. The standard InChI is InChI=1S/C10H11N3O3S/c1-13(2)8(14)6-16-10-11-9(12-17-10)7-4-3-5-15-7/h3-5H,6H2,1-2H3. The van der Waals surface area contributed by atoms with E-state index in [-0.39, 0.29) is 12.5 Å². The van der Waals surface area contributed by atoms with E-state index in [0.717, 1.165) is 11.5 Å². The number of ether oxygens (including phenoxy) is 1. The molecule has 90 valence electrons. The summed E-state index contributed by atoms with van der Waals surface area (Å²) in [5.74, 6) is 0.919. The molecule has 0 saturated heterocycles. The highest BCUT2D eigenvalue weighted by atomic mass is 32.1. The van der Waals surface area contributed by atoms with Crippen molar-refractivity contribution in [3.05, 3.63) is 18.4 Å². The van der Waals surface area contributed by atoms with Crippen LogP contribution in [-0.2, 0) is 4.79 Å². The average Bonchev–Trinajstić information content (AvgIpc) is 2.95. The van der Waals surface area contributed by atoms with Gasteiger partial charge in [-0.25, -0.2) is 0 Å². The van der Waals surface area contributed by atoms with Crippen molar-refractivity contribution >= 4 is 17.4 Å². The summed E-state index contributed by atoms with van der Waals surface area (Å²) in [4.78, 5) is 16.8. The van der Waals surface area contributed by atoms with Crippen LogP contribution in [0.25, 0.3) is 11.6 Å². The maximum atomic E-state index is 11.3. The number of aromatic nitrogens is 2. The van der Waals surface area contributed by atoms with Crippen molar-refractivity contribution in [1.82, 2.24) is 14.3 Å². The molecule has 0 fully saturated rings. The first kappa shape index (κ1) is 11.6. The van der Waals surface area contributed by atoms with Crippen LogP contribution in [0.15, 0.2) is 22.8 Å². The molecule has 17 heavy (non-hydrogen) atoms. The number of hydrogen-bond donors (Lipinski definition) is 0. The first-order valence-corrected chi connectivity index (χ1v) is 5.64. The zero-order valence-electron chi connectivity index (χ0n) is 9.41. The Balaban J connectivity index is 1.97. The fourth-order valence-electron chi connectivity index (χ4n) is 1.03. The predicted octanol–water partition coefficient (Wildman–Crippen LogP) is 1.27. The summed E-state index contributed by atoms with van der Waals surface area (Å²) in [6, 6.07) is 3.52. The maximum Gasteiger partial charge on any atom is 0.294 e. The molecule has 0 spiro atoms. The second kappa shape index (κ2) is 4.96. The van der Waals surface area contributed by atoms with E-state index in [4.69, 9.17) is 9.15 Å². The monoisotopic (exact) mass is 253 g/mol. The van der Waals surface area contributed by atoms with E-state index in [1.165, 1.54) is 4.90 Å². The van der Waals surface area contributed by atoms with Crippen molar-refractivity contribution < 1.29 is 13.9 Å². The molecule has 0 N–H and O–H groups in total. The first-order chi connectivity index (χ1) is 8.16. The number of carbonyl (C=O) groups is 1. The third-order valence-corrected chi connectivity index (χ3v) is 2.60. The van der Waals surface area contributed by atoms with Gasteiger partial charge in [0, 0.05) is 25.6 Å². The van der Waals surface area contributed by atoms with E-state index in [2.05, 4.69) is 9.36 Å². The summed E-state index contributed by atoms with van der Waals surface area (Å²) in [6.07, 6.45) is 1.55. The lowest BCUT2D eigenvalue weighted by molar-refractivity contribution is -0.130. The van der Waals surface area contributed by atoms with E-state index < -0.39 is 0 Å². The Morgan fingerprint density at radius 2 is 2.41 bits per heavy atom. The molecule has 2 aromatic rings. The van der Waals surface area contributed by atoms with E-state index in [0.29, 0.717) is 16.8 Å². The number of nitrogens with zero attached hydrogens (tertiary/aromatic N) is 3. The summed E-state index contributed by atoms with van der Waals surface area (Å²) in [5.41, 5.74) is 0. The maximum absolute atomic E-state index is 11.3. The van der Waals surface area contributed by atoms with Crippen LogP contribution in [0.2, 0.25) is 0 Å². The Morgan fingerprint density at radius 1 is 1.59 bits per heavy atom. The van der Waals surface area contributed by atoms with Gasteiger partial charge in [-0.15, -0.1) is 0 Å². The largest absolute Gasteiger partial charge is 0.461 e. The smallest absolute Gasteiger partial charge is 0.294 e. The van der Waals surface area contributed by atoms with Gasteiger partial charge in [0.1, 0.15) is 0 Å². The van der Waals surface area contributed by atoms with Gasteiger partial charge in [0.05, 0.1) is 6.26 Å². The lowest BCUT2D eigenvalue weighted by atomic mass is 10.4. The number of furan rings is 1. The van der Waals surface area contributed by atoms with Crippen LogP contribution in [0, 0.1) is 0 Å². The van der Waals surface area contributed by atoms with Crippen LogP contribution in [0.4, 0.5) is 0 Å². The Labute approximate surface area is 102 Å². The van der Waals surface area contributed by atoms with Crippen LogP contribution >= 0.6 is 11.5 Å². The van der Waals surface area contributed by atoms with Gasteiger partial charge < -0.3 is 14.1 Å². The van der Waals surface area contributed by atoms with E-state index >= 15 is 0 Å². The highest BCUT2D eigenvalue weighted by Gasteiger charge is 2.11. The fourth-order valence-corrected chi connectivity index (χ4v) is 1.56. The number of hydrogen-bond acceptors (Lipinski definition) is 6. The second-order valence-electron chi connectivity index (χ2n) is 3.44. The summed E-state index contributed by atoms with van der Waals surface area (Å²) in [6.45, 7) is -0.0419. The fraction of sp³-hybridized carbons (Fsp3) is 0.300. The van der Waals surface area contributed by atoms with Gasteiger partial charge in [-0.3, -0.25) is 4.79 Å². The van der Waals surface area contributed by atoms with Crippen molar-refractivity contribution in [2.45, 2.75) is 0 Å². The molecule has 7 heteroatoms. The summed E-state index contributed by atoms with van der Waals surface area (Å²) < 4.78 is 14.4. The van der Waals surface area contributed by atoms with Crippen molar-refractivity contribution in [2.75, 3.05) is 20.7 Å². The Kier molecular flexibility index (Phi) is 3.38. The SMILES string of the molecule is CN(C)C(=O)COc1nc(-c2ccco2)ns1.